The average molecular weight is 767 g/mol. The first-order valence-electron chi connectivity index (χ1n) is 12.4. The van der Waals surface area contributed by atoms with Gasteiger partial charge in [-0.05, 0) is 25.7 Å². The van der Waals surface area contributed by atoms with Crippen LogP contribution in [0.5, 0.6) is 0 Å². The summed E-state index contributed by atoms with van der Waals surface area (Å²) in [5.41, 5.74) is 0. The van der Waals surface area contributed by atoms with Gasteiger partial charge < -0.3 is 119 Å². The molecule has 0 fully saturated rings. The second-order valence-electron chi connectivity index (χ2n) is 8.24. The zero-order chi connectivity index (χ0) is 29.1. The molecule has 0 aliphatic carbocycles. The van der Waals surface area contributed by atoms with Gasteiger partial charge in [0.1, 0.15) is 0 Å². The van der Waals surface area contributed by atoms with E-state index in [1.165, 1.54) is 51.4 Å². The molecule has 0 spiro atoms. The molecular formula is C24H48N4Ni2S8. The molecule has 232 valence electrons. The molecule has 0 aromatic rings. The Labute approximate surface area is 299 Å². The SMILES string of the molecule is CCCCN(CCCC)C(=S)[S-].CCCCN(CCCC)C(=S)[S-].CN(C)C(=S)[S-].CN(C)C(=S)[S-].[Ni+2].[Ni+2]. The topological polar surface area (TPSA) is 13.0 Å². The van der Waals surface area contributed by atoms with E-state index in [4.69, 9.17) is 49.7 Å². The van der Waals surface area contributed by atoms with E-state index in [2.05, 4.69) is 87.2 Å². The molecule has 4 nitrogen and oxygen atoms in total. The summed E-state index contributed by atoms with van der Waals surface area (Å²) in [5, 5.41) is 0. The van der Waals surface area contributed by atoms with Gasteiger partial charge in [0.25, 0.3) is 0 Å². The molecule has 0 saturated heterocycles. The zero-order valence-corrected chi connectivity index (χ0v) is 32.7. The molecule has 0 N–H and O–H groups in total. The largest absolute Gasteiger partial charge is 2.00 e. The fourth-order valence-electron chi connectivity index (χ4n) is 1.98. The van der Waals surface area contributed by atoms with Crippen molar-refractivity contribution in [2.45, 2.75) is 79.1 Å². The van der Waals surface area contributed by atoms with Gasteiger partial charge in [-0.15, -0.1) is 0 Å². The molecule has 0 amide bonds. The quantitative estimate of drug-likeness (QED) is 0.128. The van der Waals surface area contributed by atoms with E-state index in [0.29, 0.717) is 17.3 Å². The molecule has 0 rings (SSSR count). The van der Waals surface area contributed by atoms with Crippen molar-refractivity contribution in [1.29, 1.82) is 0 Å². The van der Waals surface area contributed by atoms with E-state index in [-0.39, 0.29) is 33.0 Å². The maximum Gasteiger partial charge on any atom is 2.00 e. The summed E-state index contributed by atoms with van der Waals surface area (Å²) in [5.74, 6) is 0. The van der Waals surface area contributed by atoms with Gasteiger partial charge >= 0.3 is 33.0 Å². The van der Waals surface area contributed by atoms with Crippen LogP contribution in [0.4, 0.5) is 0 Å². The van der Waals surface area contributed by atoms with Crippen molar-refractivity contribution < 1.29 is 33.0 Å². The number of hydrogen-bond acceptors (Lipinski definition) is 8. The molecule has 0 bridgehead atoms. The van der Waals surface area contributed by atoms with Gasteiger partial charge in [-0.1, -0.05) is 70.7 Å². The molecule has 0 atom stereocenters. The van der Waals surface area contributed by atoms with E-state index in [1.54, 1.807) is 9.80 Å². The normalized spacial score (nSPS) is 8.63. The van der Waals surface area contributed by atoms with E-state index < -0.39 is 0 Å². The van der Waals surface area contributed by atoms with E-state index in [1.807, 2.05) is 28.2 Å². The summed E-state index contributed by atoms with van der Waals surface area (Å²) in [6, 6.07) is 0. The molecule has 0 unspecified atom stereocenters. The standard InChI is InChI=1S/2C9H19NS2.2C3H7NS2.2Ni/c2*1-3-5-7-10(9(11)12)8-6-4-2;2*1-4(2)3(5)6;;/h2*3-8H2,1-2H3,(H,11,12);2*1-2H3,(H,5,6);;/q;;;;2*+2/p-4. The third kappa shape index (κ3) is 44.4. The Kier molecular flexibility index (Phi) is 52.7. The molecule has 0 heterocycles. The Balaban J connectivity index is -0.0000000927. The van der Waals surface area contributed by atoms with Crippen LogP contribution >= 0.6 is 48.9 Å². The summed E-state index contributed by atoms with van der Waals surface area (Å²) in [6.45, 7) is 12.9. The molecule has 0 aliphatic heterocycles. The second kappa shape index (κ2) is 38.4. The summed E-state index contributed by atoms with van der Waals surface area (Å²) in [4.78, 5) is 7.70. The van der Waals surface area contributed by atoms with Crippen LogP contribution in [-0.2, 0) is 83.5 Å². The fourth-order valence-corrected chi connectivity index (χ4v) is 2.71. The third-order valence-corrected chi connectivity index (χ3v) is 6.87. The molecule has 38 heavy (non-hydrogen) atoms. The van der Waals surface area contributed by atoms with Crippen LogP contribution in [0.1, 0.15) is 79.1 Å². The van der Waals surface area contributed by atoms with Gasteiger partial charge in [-0.3, -0.25) is 0 Å². The van der Waals surface area contributed by atoms with Crippen LogP contribution < -0.4 is 0 Å². The van der Waals surface area contributed by atoms with Crippen molar-refractivity contribution in [2.75, 3.05) is 54.4 Å². The monoisotopic (exact) mass is 764 g/mol. The summed E-state index contributed by atoms with van der Waals surface area (Å²) in [6.07, 6.45) is 9.62. The minimum atomic E-state index is 0. The Morgan fingerprint density at radius 2 is 0.605 bits per heavy atom. The van der Waals surface area contributed by atoms with Crippen molar-refractivity contribution in [3.8, 4) is 0 Å². The molecule has 0 aromatic heterocycles. The van der Waals surface area contributed by atoms with Crippen molar-refractivity contribution >= 4 is 117 Å². The van der Waals surface area contributed by atoms with Crippen LogP contribution in [0.25, 0.3) is 0 Å². The predicted molar refractivity (Wildman–Crippen MR) is 190 cm³/mol. The molecular weight excluding hydrogens is 718 g/mol. The minimum absolute atomic E-state index is 0. The molecule has 14 heteroatoms. The van der Waals surface area contributed by atoms with Crippen LogP contribution in [0.3, 0.4) is 0 Å². The van der Waals surface area contributed by atoms with Crippen molar-refractivity contribution in [1.82, 2.24) is 19.6 Å². The zero-order valence-electron chi connectivity index (χ0n) is 24.2. The fraction of sp³-hybridized carbons (Fsp3) is 0.833. The summed E-state index contributed by atoms with van der Waals surface area (Å²) >= 11 is 38.2. The number of thiocarbonyl (C=S) groups is 4. The minimum Gasteiger partial charge on any atom is -0.411 e. The Morgan fingerprint density at radius 3 is 0.684 bits per heavy atom. The Hall–Kier alpha value is 1.43. The average Bonchev–Trinajstić information content (AvgIpc) is 2.80. The van der Waals surface area contributed by atoms with Gasteiger partial charge in [-0.2, -0.15) is 0 Å². The summed E-state index contributed by atoms with van der Waals surface area (Å²) in [7, 11) is 7.31. The maximum absolute atomic E-state index is 4.98. The smallest absolute Gasteiger partial charge is 0.411 e. The Bertz CT molecular complexity index is 508. The maximum atomic E-state index is 4.98. The van der Waals surface area contributed by atoms with Crippen molar-refractivity contribution in [3.63, 3.8) is 0 Å². The molecule has 0 radical (unpaired) electrons. The second-order valence-corrected chi connectivity index (χ2v) is 12.4. The van der Waals surface area contributed by atoms with Gasteiger partial charge in [0, 0.05) is 54.4 Å². The number of unbranched alkanes of at least 4 members (excludes halogenated alkanes) is 4. The van der Waals surface area contributed by atoms with Crippen LogP contribution in [0.2, 0.25) is 0 Å². The third-order valence-electron chi connectivity index (χ3n) is 4.37. The van der Waals surface area contributed by atoms with Gasteiger partial charge in [0.05, 0.1) is 0 Å². The molecule has 0 aliphatic rings. The van der Waals surface area contributed by atoms with E-state index >= 15 is 0 Å². The van der Waals surface area contributed by atoms with Gasteiger partial charge in [0.15, 0.2) is 0 Å². The predicted octanol–water partition coefficient (Wildman–Crippen LogP) is 6.20. The first-order chi connectivity index (χ1) is 16.7. The number of hydrogen-bond donors (Lipinski definition) is 0. The Morgan fingerprint density at radius 1 is 0.447 bits per heavy atom. The molecule has 0 aromatic carbocycles. The van der Waals surface area contributed by atoms with Crippen LogP contribution in [0, 0.1) is 0 Å². The number of nitrogens with zero attached hydrogens (tertiary/aromatic N) is 4. The first-order valence-corrected chi connectivity index (χ1v) is 15.7. The first kappa shape index (κ1) is 52.1. The number of rotatable bonds is 12. The van der Waals surface area contributed by atoms with E-state index in [0.717, 1.165) is 26.2 Å². The van der Waals surface area contributed by atoms with Crippen molar-refractivity contribution in [3.05, 3.63) is 0 Å². The van der Waals surface area contributed by atoms with Crippen molar-refractivity contribution in [2.24, 2.45) is 0 Å². The summed E-state index contributed by atoms with van der Waals surface area (Å²) < 4.78 is 2.29. The van der Waals surface area contributed by atoms with E-state index in [9.17, 15) is 0 Å². The molecule has 0 saturated carbocycles. The van der Waals surface area contributed by atoms with Gasteiger partial charge in [-0.25, -0.2) is 0 Å². The van der Waals surface area contributed by atoms with Gasteiger partial charge in [0.2, 0.25) is 0 Å². The van der Waals surface area contributed by atoms with Crippen LogP contribution in [0.15, 0.2) is 0 Å². The van der Waals surface area contributed by atoms with Crippen LogP contribution in [-0.4, -0.2) is 91.3 Å².